The van der Waals surface area contributed by atoms with Crippen molar-refractivity contribution in [3.8, 4) is 0 Å². The maximum Gasteiger partial charge on any atom is 0.246 e. The fourth-order valence-electron chi connectivity index (χ4n) is 4.93. The number of ketones is 1. The molecule has 1 aliphatic heterocycles. The molecule has 0 N–H and O–H groups in total. The number of aryl methyl sites for hydroxylation is 1. The van der Waals surface area contributed by atoms with E-state index in [0.29, 0.717) is 5.56 Å². The number of hydrogen-bond acceptors (Lipinski definition) is 5. The quantitative estimate of drug-likeness (QED) is 0.399. The van der Waals surface area contributed by atoms with Gasteiger partial charge in [-0.15, -0.1) is 0 Å². The number of rotatable bonds is 6. The van der Waals surface area contributed by atoms with Gasteiger partial charge in [0.2, 0.25) is 21.1 Å². The van der Waals surface area contributed by atoms with Crippen LogP contribution in [0.15, 0.2) is 71.6 Å². The van der Waals surface area contributed by atoms with Gasteiger partial charge in [-0.25, -0.2) is 8.42 Å². The zero-order valence-electron chi connectivity index (χ0n) is 20.5. The molecule has 0 radical (unpaired) electrons. The fourth-order valence-corrected chi connectivity index (χ4v) is 6.31. The molecule has 5 nitrogen and oxygen atoms in total. The lowest BCUT2D eigenvalue weighted by Crippen LogP contribution is -2.60. The monoisotopic (exact) mass is 479 g/mol. The Labute approximate surface area is 202 Å². The molecular weight excluding hydrogens is 446 g/mol. The number of fused-ring (bicyclic) bond motifs is 1. The summed E-state index contributed by atoms with van der Waals surface area (Å²) in [6.07, 6.45) is 2.70. The smallest absolute Gasteiger partial charge is 0.246 e. The Bertz CT molecular complexity index is 1290. The van der Waals surface area contributed by atoms with Gasteiger partial charge in [0.25, 0.3) is 0 Å². The van der Waals surface area contributed by atoms with Crippen LogP contribution in [0, 0.1) is 6.92 Å². The molecule has 0 amide bonds. The molecule has 1 atom stereocenters. The van der Waals surface area contributed by atoms with E-state index in [1.54, 1.807) is 41.5 Å². The number of hydrogen-bond donors (Lipinski definition) is 0. The summed E-state index contributed by atoms with van der Waals surface area (Å²) in [5.74, 6) is -0.566. The highest BCUT2D eigenvalue weighted by Crippen LogP contribution is 2.40. The van der Waals surface area contributed by atoms with Crippen LogP contribution in [-0.2, 0) is 14.7 Å². The first kappa shape index (κ1) is 24.6. The van der Waals surface area contributed by atoms with Crippen molar-refractivity contribution in [1.82, 2.24) is 5.06 Å². The zero-order valence-corrected chi connectivity index (χ0v) is 21.4. The minimum Gasteiger partial charge on any atom is -0.290 e. The number of benzene rings is 3. The predicted molar refractivity (Wildman–Crippen MR) is 135 cm³/mol. The highest BCUT2D eigenvalue weighted by atomic mass is 32.2. The molecule has 0 bridgehead atoms. The van der Waals surface area contributed by atoms with Gasteiger partial charge in [0.15, 0.2) is 0 Å². The maximum absolute atomic E-state index is 13.8. The van der Waals surface area contributed by atoms with Crippen LogP contribution >= 0.6 is 0 Å². The van der Waals surface area contributed by atoms with Crippen molar-refractivity contribution in [3.63, 3.8) is 0 Å². The zero-order chi connectivity index (χ0) is 24.7. The lowest BCUT2D eigenvalue weighted by molar-refractivity contribution is -0.281. The van der Waals surface area contributed by atoms with Crippen molar-refractivity contribution in [1.29, 1.82) is 0 Å². The third kappa shape index (κ3) is 4.67. The van der Waals surface area contributed by atoms with Gasteiger partial charge in [-0.1, -0.05) is 54.1 Å². The molecule has 1 unspecified atom stereocenters. The number of Topliss-reactive ketones (excluding diaryl/α,β-unsaturated/α-hetero) is 1. The van der Waals surface area contributed by atoms with Crippen molar-refractivity contribution in [2.24, 2.45) is 0 Å². The number of piperidine rings is 1. The fraction of sp³-hybridized carbons (Fsp3) is 0.393. The van der Waals surface area contributed by atoms with E-state index in [0.717, 1.165) is 35.6 Å². The van der Waals surface area contributed by atoms with Crippen LogP contribution in [0.4, 0.5) is 0 Å². The summed E-state index contributed by atoms with van der Waals surface area (Å²) in [7, 11) is -4.13. The average Bonchev–Trinajstić information content (AvgIpc) is 2.77. The van der Waals surface area contributed by atoms with E-state index in [9.17, 15) is 13.2 Å². The van der Waals surface area contributed by atoms with Gasteiger partial charge in [-0.3, -0.25) is 9.63 Å². The summed E-state index contributed by atoms with van der Waals surface area (Å²) in [6, 6.07) is 19.5. The number of hydroxylamine groups is 2. The van der Waals surface area contributed by atoms with Crippen molar-refractivity contribution >= 4 is 26.4 Å². The summed E-state index contributed by atoms with van der Waals surface area (Å²) < 4.78 is 27.7. The molecule has 180 valence electrons. The molecular formula is C28H33NO4S. The Balaban J connectivity index is 1.81. The summed E-state index contributed by atoms with van der Waals surface area (Å²) in [5, 5.41) is 3.61. The Morgan fingerprint density at radius 2 is 1.47 bits per heavy atom. The minimum absolute atomic E-state index is 0.0739. The third-order valence-electron chi connectivity index (χ3n) is 6.76. The summed E-state index contributed by atoms with van der Waals surface area (Å²) in [4.78, 5) is 20.2. The molecule has 1 saturated heterocycles. The summed E-state index contributed by atoms with van der Waals surface area (Å²) >= 11 is 0. The van der Waals surface area contributed by atoms with E-state index in [2.05, 4.69) is 0 Å². The molecule has 4 rings (SSSR count). The van der Waals surface area contributed by atoms with E-state index in [4.69, 9.17) is 4.84 Å². The van der Waals surface area contributed by atoms with Crippen molar-refractivity contribution < 1.29 is 18.0 Å². The Hall–Kier alpha value is -2.54. The second-order valence-electron chi connectivity index (χ2n) is 10.5. The molecule has 0 aliphatic carbocycles. The molecule has 0 aromatic heterocycles. The van der Waals surface area contributed by atoms with Crippen LogP contribution in [0.3, 0.4) is 0 Å². The molecule has 34 heavy (non-hydrogen) atoms. The average molecular weight is 480 g/mol. The van der Waals surface area contributed by atoms with Gasteiger partial charge in [0.1, 0.15) is 0 Å². The lowest BCUT2D eigenvalue weighted by Gasteiger charge is -2.52. The number of sulfone groups is 1. The van der Waals surface area contributed by atoms with Crippen LogP contribution in [0.2, 0.25) is 0 Å². The number of nitrogens with zero attached hydrogens (tertiary/aromatic N) is 1. The second kappa shape index (κ2) is 8.91. The normalized spacial score (nSPS) is 19.1. The van der Waals surface area contributed by atoms with Gasteiger partial charge in [-0.2, -0.15) is 5.06 Å². The molecule has 6 heteroatoms. The maximum atomic E-state index is 13.8. The second-order valence-corrected chi connectivity index (χ2v) is 12.5. The molecule has 1 heterocycles. The first-order valence-corrected chi connectivity index (χ1v) is 13.3. The molecule has 0 saturated carbocycles. The van der Waals surface area contributed by atoms with E-state index in [1.165, 1.54) is 0 Å². The van der Waals surface area contributed by atoms with Crippen molar-refractivity contribution in [2.45, 2.75) is 75.3 Å². The van der Waals surface area contributed by atoms with Crippen LogP contribution in [-0.4, -0.2) is 35.8 Å². The SMILES string of the molecule is Cc1ccc(S(=O)(=O)C(ON2C(C)(C)CCCC2(C)C)C(=O)c2ccc3ccccc3c2)cc1. The molecule has 3 aromatic rings. The van der Waals surface area contributed by atoms with Crippen LogP contribution in [0.25, 0.3) is 10.8 Å². The first-order valence-electron chi connectivity index (χ1n) is 11.7. The highest BCUT2D eigenvalue weighted by molar-refractivity contribution is 7.92. The molecule has 1 fully saturated rings. The van der Waals surface area contributed by atoms with Crippen molar-refractivity contribution in [2.75, 3.05) is 0 Å². The lowest BCUT2D eigenvalue weighted by atomic mass is 9.82. The Morgan fingerprint density at radius 3 is 2.09 bits per heavy atom. The van der Waals surface area contributed by atoms with Crippen molar-refractivity contribution in [3.05, 3.63) is 77.9 Å². The van der Waals surface area contributed by atoms with Crippen LogP contribution < -0.4 is 0 Å². The summed E-state index contributed by atoms with van der Waals surface area (Å²) in [6.45, 7) is 10.0. The van der Waals surface area contributed by atoms with Gasteiger partial charge in [0, 0.05) is 16.6 Å². The van der Waals surface area contributed by atoms with Crippen LogP contribution in [0.5, 0.6) is 0 Å². The first-order chi connectivity index (χ1) is 15.9. The third-order valence-corrected chi connectivity index (χ3v) is 8.55. The molecule has 0 spiro atoms. The topological polar surface area (TPSA) is 63.7 Å². The van der Waals surface area contributed by atoms with E-state index >= 15 is 0 Å². The summed E-state index contributed by atoms with van der Waals surface area (Å²) in [5.41, 5.74) is -1.28. The van der Waals surface area contributed by atoms with Gasteiger partial charge in [-0.05, 0) is 82.9 Å². The minimum atomic E-state index is -4.13. The number of carbonyl (C=O) groups excluding carboxylic acids is 1. The Kier molecular flexibility index (Phi) is 6.44. The van der Waals surface area contributed by atoms with E-state index < -0.39 is 32.1 Å². The highest BCUT2D eigenvalue weighted by Gasteiger charge is 2.47. The molecule has 1 aliphatic rings. The predicted octanol–water partition coefficient (Wildman–Crippen LogP) is 6.11. The standard InChI is InChI=1S/C28H33NO4S/c1-20-11-15-24(16-12-20)34(31,32)26(33-29-27(2,3)17-8-18-28(29,4)5)25(30)23-14-13-21-9-6-7-10-22(21)19-23/h6-7,9-16,19,26H,8,17-18H2,1-5H3. The number of carbonyl (C=O) groups is 1. The van der Waals surface area contributed by atoms with Gasteiger partial charge >= 0.3 is 0 Å². The van der Waals surface area contributed by atoms with E-state index in [1.807, 2.05) is 65.0 Å². The largest absolute Gasteiger partial charge is 0.290 e. The molecule has 3 aromatic carbocycles. The Morgan fingerprint density at radius 1 is 0.882 bits per heavy atom. The van der Waals surface area contributed by atoms with Gasteiger partial charge in [0.05, 0.1) is 4.90 Å². The van der Waals surface area contributed by atoms with Gasteiger partial charge < -0.3 is 0 Å². The van der Waals surface area contributed by atoms with E-state index in [-0.39, 0.29) is 4.90 Å². The van der Waals surface area contributed by atoms with Crippen LogP contribution in [0.1, 0.15) is 62.9 Å².